The van der Waals surface area contributed by atoms with Gasteiger partial charge in [-0.2, -0.15) is 0 Å². The Morgan fingerprint density at radius 1 is 0.286 bits per heavy atom. The van der Waals surface area contributed by atoms with Crippen LogP contribution in [0.4, 0.5) is 0 Å². The van der Waals surface area contributed by atoms with E-state index in [4.69, 9.17) is 0 Å². The van der Waals surface area contributed by atoms with E-state index in [0.717, 1.165) is 0 Å². The highest BCUT2D eigenvalue weighted by molar-refractivity contribution is 7.26. The Hall–Kier alpha value is -7.10. The summed E-state index contributed by atoms with van der Waals surface area (Å²) in [5, 5.41) is 15.7. The molecule has 2 heterocycles. The van der Waals surface area contributed by atoms with Gasteiger partial charge in [0.15, 0.2) is 0 Å². The minimum atomic E-state index is -0.179. The monoisotopic (exact) mass is 834 g/mol. The highest BCUT2D eigenvalue weighted by Crippen LogP contribution is 2.53. The lowest BCUT2D eigenvalue weighted by Gasteiger charge is -2.23. The third-order valence-corrected chi connectivity index (χ3v) is 16.5. The Kier molecular flexibility index (Phi) is 7.31. The van der Waals surface area contributed by atoms with E-state index < -0.39 is 0 Å². The molecular formula is C61H38S2. The lowest BCUT2D eigenvalue weighted by molar-refractivity contribution is 0.661. The summed E-state index contributed by atoms with van der Waals surface area (Å²) in [6.07, 6.45) is 0. The average molecular weight is 835 g/mol. The van der Waals surface area contributed by atoms with Crippen molar-refractivity contribution in [2.45, 2.75) is 19.3 Å². The molecule has 14 rings (SSSR count). The number of hydrogen-bond acceptors (Lipinski definition) is 2. The van der Waals surface area contributed by atoms with Gasteiger partial charge in [-0.15, -0.1) is 22.7 Å². The molecule has 0 spiro atoms. The number of fused-ring (bicyclic) bond motifs is 13. The first-order chi connectivity index (χ1) is 31.0. The first-order valence-corrected chi connectivity index (χ1v) is 23.5. The second-order valence-electron chi connectivity index (χ2n) is 18.0. The molecule has 1 aliphatic carbocycles. The van der Waals surface area contributed by atoms with Crippen molar-refractivity contribution in [2.24, 2.45) is 0 Å². The fraction of sp³-hybridized carbons (Fsp3) is 0.0492. The maximum atomic E-state index is 2.50. The molecule has 0 fully saturated rings. The van der Waals surface area contributed by atoms with E-state index in [1.54, 1.807) is 0 Å². The molecule has 0 bridgehead atoms. The van der Waals surface area contributed by atoms with Gasteiger partial charge < -0.3 is 0 Å². The van der Waals surface area contributed by atoms with Gasteiger partial charge in [0.2, 0.25) is 0 Å². The molecule has 0 unspecified atom stereocenters. The summed E-state index contributed by atoms with van der Waals surface area (Å²) in [6, 6.07) is 73.6. The Bertz CT molecular complexity index is 4060. The SMILES string of the molecule is CC1(C)c2cc(-c3ccc4sc5cc6cc7c(cc6cc5c4c3)sc3ccccc37)ccc2-c2ccc(-c3c4ccccc4c(-c4cccc5ccccc45)c4ccccc34)cc21. The Morgan fingerprint density at radius 2 is 0.762 bits per heavy atom. The number of hydrogen-bond donors (Lipinski definition) is 0. The zero-order valence-corrected chi connectivity index (χ0v) is 36.4. The second kappa shape index (κ2) is 13.0. The lowest BCUT2D eigenvalue weighted by Crippen LogP contribution is -2.15. The van der Waals surface area contributed by atoms with Gasteiger partial charge in [0, 0.05) is 45.8 Å². The molecule has 0 atom stereocenters. The van der Waals surface area contributed by atoms with Gasteiger partial charge in [-0.05, 0) is 153 Å². The maximum Gasteiger partial charge on any atom is 0.0361 e. The van der Waals surface area contributed by atoms with E-state index in [9.17, 15) is 0 Å². The van der Waals surface area contributed by atoms with Gasteiger partial charge in [-0.3, -0.25) is 0 Å². The summed E-state index contributed by atoms with van der Waals surface area (Å²) in [5.74, 6) is 0. The average Bonchev–Trinajstić information content (AvgIpc) is 3.94. The summed E-state index contributed by atoms with van der Waals surface area (Å²) >= 11 is 3.80. The summed E-state index contributed by atoms with van der Waals surface area (Å²) in [5.41, 5.74) is 13.0. The van der Waals surface area contributed by atoms with Crippen LogP contribution < -0.4 is 0 Å². The van der Waals surface area contributed by atoms with Gasteiger partial charge in [0.05, 0.1) is 0 Å². The molecule has 13 aromatic rings. The molecule has 63 heavy (non-hydrogen) atoms. The molecule has 11 aromatic carbocycles. The molecule has 0 aliphatic heterocycles. The van der Waals surface area contributed by atoms with Crippen LogP contribution >= 0.6 is 22.7 Å². The van der Waals surface area contributed by atoms with E-state index in [1.807, 2.05) is 22.7 Å². The third-order valence-electron chi connectivity index (χ3n) is 14.2. The first-order valence-electron chi connectivity index (χ1n) is 21.9. The molecule has 2 heteroatoms. The molecule has 0 amide bonds. The predicted octanol–water partition coefficient (Wildman–Crippen LogP) is 18.3. The Balaban J connectivity index is 0.882. The van der Waals surface area contributed by atoms with Crippen LogP contribution in [0.1, 0.15) is 25.0 Å². The van der Waals surface area contributed by atoms with Crippen LogP contribution in [0.25, 0.3) is 128 Å². The van der Waals surface area contributed by atoms with E-state index in [0.29, 0.717) is 0 Å². The van der Waals surface area contributed by atoms with Crippen molar-refractivity contribution in [2.75, 3.05) is 0 Å². The van der Waals surface area contributed by atoms with Crippen LogP contribution in [-0.2, 0) is 5.41 Å². The Labute approximate surface area is 372 Å². The van der Waals surface area contributed by atoms with Gasteiger partial charge in [-0.25, -0.2) is 0 Å². The van der Waals surface area contributed by atoms with Crippen molar-refractivity contribution in [3.05, 3.63) is 205 Å². The molecule has 1 aliphatic rings. The summed E-state index contributed by atoms with van der Waals surface area (Å²) in [7, 11) is 0. The van der Waals surface area contributed by atoms with Crippen LogP contribution in [0.2, 0.25) is 0 Å². The maximum absolute atomic E-state index is 2.50. The largest absolute Gasteiger partial charge is 0.135 e. The predicted molar refractivity (Wildman–Crippen MR) is 276 cm³/mol. The van der Waals surface area contributed by atoms with Crippen LogP contribution in [0.3, 0.4) is 0 Å². The van der Waals surface area contributed by atoms with Gasteiger partial charge >= 0.3 is 0 Å². The molecule has 2 aromatic heterocycles. The summed E-state index contributed by atoms with van der Waals surface area (Å²) in [6.45, 7) is 4.83. The van der Waals surface area contributed by atoms with Crippen LogP contribution in [0.5, 0.6) is 0 Å². The van der Waals surface area contributed by atoms with Crippen LogP contribution in [-0.4, -0.2) is 0 Å². The zero-order chi connectivity index (χ0) is 41.6. The lowest BCUT2D eigenvalue weighted by atomic mass is 9.80. The van der Waals surface area contributed by atoms with Gasteiger partial charge in [0.25, 0.3) is 0 Å². The minimum Gasteiger partial charge on any atom is -0.135 e. The topological polar surface area (TPSA) is 0 Å². The van der Waals surface area contributed by atoms with E-state index in [-0.39, 0.29) is 5.41 Å². The minimum absolute atomic E-state index is 0.179. The van der Waals surface area contributed by atoms with Crippen molar-refractivity contribution >= 4 is 106 Å². The van der Waals surface area contributed by atoms with Crippen molar-refractivity contribution in [1.82, 2.24) is 0 Å². The Morgan fingerprint density at radius 3 is 1.44 bits per heavy atom. The number of benzene rings is 11. The standard InChI is InChI=1S/C61H38S2/c1-61(2)53-31-37(36-24-27-56-51(28-36)52-30-40-33-57-50(29-39(40)34-58(52)63-56)44-15-9-10-21-55(44)62-57)22-25-42(53)43-26-23-38(32-54(43)61)59-46-16-5-7-18-48(46)60(49-19-8-6-17-47(49)59)45-20-11-13-35-12-3-4-14-41(35)45/h3-34H,1-2H3. The van der Waals surface area contributed by atoms with E-state index >= 15 is 0 Å². The quantitative estimate of drug-likeness (QED) is 0.156. The summed E-state index contributed by atoms with van der Waals surface area (Å²) in [4.78, 5) is 0. The molecule has 294 valence electrons. The zero-order valence-electron chi connectivity index (χ0n) is 34.8. The normalized spacial score (nSPS) is 13.4. The third kappa shape index (κ3) is 5.08. The molecule has 0 N–H and O–H groups in total. The van der Waals surface area contributed by atoms with Gasteiger partial charge in [-0.1, -0.05) is 153 Å². The van der Waals surface area contributed by atoms with Crippen molar-refractivity contribution in [1.29, 1.82) is 0 Å². The first kappa shape index (κ1) is 35.5. The van der Waals surface area contributed by atoms with Crippen LogP contribution in [0.15, 0.2) is 194 Å². The van der Waals surface area contributed by atoms with Gasteiger partial charge in [0.1, 0.15) is 0 Å². The highest BCUT2D eigenvalue weighted by Gasteiger charge is 2.36. The fourth-order valence-corrected chi connectivity index (χ4v) is 13.4. The fourth-order valence-electron chi connectivity index (χ4n) is 11.2. The molecule has 0 radical (unpaired) electrons. The molecule has 0 saturated heterocycles. The second-order valence-corrected chi connectivity index (χ2v) is 20.1. The van der Waals surface area contributed by atoms with Crippen LogP contribution in [0, 0.1) is 0 Å². The smallest absolute Gasteiger partial charge is 0.0361 e. The molecule has 0 nitrogen and oxygen atoms in total. The van der Waals surface area contributed by atoms with E-state index in [1.165, 1.54) is 139 Å². The van der Waals surface area contributed by atoms with Crippen molar-refractivity contribution < 1.29 is 0 Å². The number of rotatable bonds is 3. The van der Waals surface area contributed by atoms with Crippen molar-refractivity contribution in [3.63, 3.8) is 0 Å². The number of thiophene rings is 2. The van der Waals surface area contributed by atoms with E-state index in [2.05, 4.69) is 208 Å². The highest BCUT2D eigenvalue weighted by atomic mass is 32.1. The van der Waals surface area contributed by atoms with Crippen molar-refractivity contribution in [3.8, 4) is 44.5 Å². The molecule has 0 saturated carbocycles. The molecular weight excluding hydrogens is 797 g/mol. The summed E-state index contributed by atoms with van der Waals surface area (Å²) < 4.78 is 5.39.